The van der Waals surface area contributed by atoms with E-state index < -0.39 is 16.0 Å². The highest BCUT2D eigenvalue weighted by Gasteiger charge is 2.26. The molecule has 2 aromatic rings. The van der Waals surface area contributed by atoms with Crippen LogP contribution in [-0.2, 0) is 27.0 Å². The third-order valence-corrected chi connectivity index (χ3v) is 6.86. The molecule has 1 aliphatic rings. The monoisotopic (exact) mass is 419 g/mol. The second-order valence-corrected chi connectivity index (χ2v) is 9.54. The van der Waals surface area contributed by atoms with E-state index in [0.717, 1.165) is 29.5 Å². The molecular weight excluding hydrogens is 393 g/mol. The molecule has 0 amide bonds. The van der Waals surface area contributed by atoms with Crippen molar-refractivity contribution in [3.05, 3.63) is 71.0 Å². The fourth-order valence-corrected chi connectivity index (χ4v) is 5.09. The zero-order chi connectivity index (χ0) is 20.9. The molecule has 0 aromatic heterocycles. The molecular formula is C22H26FNO4S. The number of carboxylic acid groups (broad SMARTS) is 1. The van der Waals surface area contributed by atoms with Crippen LogP contribution < -0.4 is 4.72 Å². The number of nitrogens with one attached hydrogen (secondary N) is 1. The van der Waals surface area contributed by atoms with Crippen LogP contribution in [0, 0.1) is 17.7 Å². The summed E-state index contributed by atoms with van der Waals surface area (Å²) < 4.78 is 41.0. The van der Waals surface area contributed by atoms with Crippen LogP contribution in [0.15, 0.2) is 48.5 Å². The molecule has 29 heavy (non-hydrogen) atoms. The van der Waals surface area contributed by atoms with Gasteiger partial charge in [-0.1, -0.05) is 36.4 Å². The van der Waals surface area contributed by atoms with Crippen LogP contribution in [0.1, 0.15) is 42.4 Å². The lowest BCUT2D eigenvalue weighted by Crippen LogP contribution is -2.33. The van der Waals surface area contributed by atoms with Crippen molar-refractivity contribution in [1.29, 1.82) is 0 Å². The van der Waals surface area contributed by atoms with Crippen molar-refractivity contribution in [2.24, 2.45) is 11.8 Å². The number of aliphatic carboxylic acids is 1. The van der Waals surface area contributed by atoms with Gasteiger partial charge in [0.05, 0.1) is 11.7 Å². The molecule has 0 radical (unpaired) electrons. The minimum atomic E-state index is -3.51. The number of hydrogen-bond donors (Lipinski definition) is 2. The summed E-state index contributed by atoms with van der Waals surface area (Å²) in [6, 6.07) is 13.6. The summed E-state index contributed by atoms with van der Waals surface area (Å²) in [5, 5.41) is 9.06. The Kier molecular flexibility index (Phi) is 7.03. The van der Waals surface area contributed by atoms with E-state index in [1.54, 1.807) is 18.2 Å². The molecule has 0 atom stereocenters. The molecule has 0 unspecified atom stereocenters. The quantitative estimate of drug-likeness (QED) is 0.683. The predicted molar refractivity (Wildman–Crippen MR) is 109 cm³/mol. The molecule has 1 fully saturated rings. The Morgan fingerprint density at radius 3 is 2.24 bits per heavy atom. The van der Waals surface area contributed by atoms with Crippen molar-refractivity contribution in [2.75, 3.05) is 6.54 Å². The van der Waals surface area contributed by atoms with Gasteiger partial charge in [-0.2, -0.15) is 0 Å². The highest BCUT2D eigenvalue weighted by Crippen LogP contribution is 2.28. The maximum atomic E-state index is 13.1. The fourth-order valence-electron chi connectivity index (χ4n) is 3.81. The van der Waals surface area contributed by atoms with Crippen LogP contribution in [-0.4, -0.2) is 26.0 Å². The van der Waals surface area contributed by atoms with E-state index in [9.17, 15) is 17.6 Å². The summed E-state index contributed by atoms with van der Waals surface area (Å²) in [5.41, 5.74) is 2.53. The number of hydrogen-bond acceptors (Lipinski definition) is 3. The molecule has 2 N–H and O–H groups in total. The number of rotatable bonds is 8. The summed E-state index contributed by atoms with van der Waals surface area (Å²) >= 11 is 0. The predicted octanol–water partition coefficient (Wildman–Crippen LogP) is 3.73. The first-order valence-electron chi connectivity index (χ1n) is 9.84. The van der Waals surface area contributed by atoms with E-state index in [-0.39, 0.29) is 23.4 Å². The zero-order valence-electron chi connectivity index (χ0n) is 16.2. The van der Waals surface area contributed by atoms with Gasteiger partial charge in [0, 0.05) is 6.54 Å². The molecule has 156 valence electrons. The first-order valence-corrected chi connectivity index (χ1v) is 11.5. The van der Waals surface area contributed by atoms with E-state index in [1.807, 2.05) is 18.2 Å². The highest BCUT2D eigenvalue weighted by molar-refractivity contribution is 7.88. The van der Waals surface area contributed by atoms with Crippen molar-refractivity contribution in [3.8, 4) is 0 Å². The smallest absolute Gasteiger partial charge is 0.306 e. The average Bonchev–Trinajstić information content (AvgIpc) is 2.70. The van der Waals surface area contributed by atoms with Gasteiger partial charge >= 0.3 is 5.97 Å². The molecule has 0 saturated heterocycles. The first kappa shape index (κ1) is 21.5. The van der Waals surface area contributed by atoms with Crippen molar-refractivity contribution >= 4 is 16.0 Å². The van der Waals surface area contributed by atoms with Crippen molar-refractivity contribution in [3.63, 3.8) is 0 Å². The van der Waals surface area contributed by atoms with Gasteiger partial charge in [0.25, 0.3) is 0 Å². The van der Waals surface area contributed by atoms with Crippen LogP contribution >= 0.6 is 0 Å². The normalized spacial score (nSPS) is 19.8. The minimum Gasteiger partial charge on any atom is -0.481 e. The van der Waals surface area contributed by atoms with E-state index in [1.165, 1.54) is 12.1 Å². The summed E-state index contributed by atoms with van der Waals surface area (Å²) in [6.07, 6.45) is 3.18. The molecule has 0 bridgehead atoms. The summed E-state index contributed by atoms with van der Waals surface area (Å²) in [4.78, 5) is 11.0. The Balaban J connectivity index is 1.59. The third kappa shape index (κ3) is 6.37. The van der Waals surface area contributed by atoms with Crippen LogP contribution in [0.5, 0.6) is 0 Å². The Labute approximate surface area is 171 Å². The average molecular weight is 420 g/mol. The lowest BCUT2D eigenvalue weighted by Gasteiger charge is -2.26. The van der Waals surface area contributed by atoms with Gasteiger partial charge in [-0.3, -0.25) is 4.79 Å². The van der Waals surface area contributed by atoms with Crippen LogP contribution in [0.25, 0.3) is 0 Å². The molecule has 5 nitrogen and oxygen atoms in total. The van der Waals surface area contributed by atoms with Gasteiger partial charge in [0.2, 0.25) is 10.0 Å². The van der Waals surface area contributed by atoms with Gasteiger partial charge in [-0.05, 0) is 66.8 Å². The first-order chi connectivity index (χ1) is 13.8. The maximum absolute atomic E-state index is 13.1. The van der Waals surface area contributed by atoms with Gasteiger partial charge < -0.3 is 5.11 Å². The molecule has 0 aliphatic heterocycles. The van der Waals surface area contributed by atoms with Gasteiger partial charge in [-0.25, -0.2) is 17.5 Å². The van der Waals surface area contributed by atoms with Crippen LogP contribution in [0.2, 0.25) is 0 Å². The Bertz CT molecular complexity index is 936. The number of carbonyl (C=O) groups is 1. The Morgan fingerprint density at radius 1 is 1.00 bits per heavy atom. The maximum Gasteiger partial charge on any atom is 0.306 e. The summed E-state index contributed by atoms with van der Waals surface area (Å²) in [7, 11) is -3.51. The molecule has 1 aliphatic carbocycles. The number of benzene rings is 2. The van der Waals surface area contributed by atoms with E-state index in [2.05, 4.69) is 4.72 Å². The van der Waals surface area contributed by atoms with Gasteiger partial charge in [0.1, 0.15) is 5.82 Å². The van der Waals surface area contributed by atoms with Crippen LogP contribution in [0.3, 0.4) is 0 Å². The van der Waals surface area contributed by atoms with Crippen LogP contribution in [0.4, 0.5) is 4.39 Å². The van der Waals surface area contributed by atoms with Crippen molar-refractivity contribution < 1.29 is 22.7 Å². The number of sulfonamides is 1. The van der Waals surface area contributed by atoms with E-state index in [0.29, 0.717) is 25.8 Å². The number of halogens is 1. The lowest BCUT2D eigenvalue weighted by atomic mass is 9.82. The molecule has 0 spiro atoms. The number of carboxylic acids is 1. The zero-order valence-corrected chi connectivity index (χ0v) is 17.0. The van der Waals surface area contributed by atoms with Gasteiger partial charge in [-0.15, -0.1) is 0 Å². The molecule has 1 saturated carbocycles. The molecule has 7 heteroatoms. The third-order valence-electron chi connectivity index (χ3n) is 5.56. The SMILES string of the molecule is O=C(O)C1CCC(CNS(=O)(=O)Cc2ccccc2Cc2ccc(F)cc2)CC1. The van der Waals surface area contributed by atoms with Crippen molar-refractivity contribution in [2.45, 2.75) is 37.9 Å². The standard InChI is InChI=1S/C22H26FNO4S/c23-21-11-7-16(8-12-21)13-19-3-1-2-4-20(19)15-29(27,28)24-14-17-5-9-18(10-6-17)22(25)26/h1-4,7-8,11-12,17-18,24H,5-6,9-10,13-15H2,(H,25,26). The Morgan fingerprint density at radius 2 is 1.62 bits per heavy atom. The van der Waals surface area contributed by atoms with E-state index >= 15 is 0 Å². The lowest BCUT2D eigenvalue weighted by molar-refractivity contribution is -0.143. The highest BCUT2D eigenvalue weighted by atomic mass is 32.2. The van der Waals surface area contributed by atoms with E-state index in [4.69, 9.17) is 5.11 Å². The molecule has 0 heterocycles. The second-order valence-electron chi connectivity index (χ2n) is 7.74. The summed E-state index contributed by atoms with van der Waals surface area (Å²) in [5.74, 6) is -1.31. The largest absolute Gasteiger partial charge is 0.481 e. The topological polar surface area (TPSA) is 83.5 Å². The Hall–Kier alpha value is -2.25. The molecule has 3 rings (SSSR count). The molecule has 2 aromatic carbocycles. The fraction of sp³-hybridized carbons (Fsp3) is 0.409. The minimum absolute atomic E-state index is 0.116. The van der Waals surface area contributed by atoms with Crippen molar-refractivity contribution in [1.82, 2.24) is 4.72 Å². The second kappa shape index (κ2) is 9.50. The summed E-state index contributed by atoms with van der Waals surface area (Å²) in [6.45, 7) is 0.342. The van der Waals surface area contributed by atoms with Gasteiger partial charge in [0.15, 0.2) is 0 Å².